The summed E-state index contributed by atoms with van der Waals surface area (Å²) in [5, 5.41) is 0. The van der Waals surface area contributed by atoms with E-state index in [2.05, 4.69) is 21.0 Å². The second kappa shape index (κ2) is 11.4. The topological polar surface area (TPSA) is 72.8 Å². The molecule has 21 heavy (non-hydrogen) atoms. The maximum absolute atomic E-state index is 10.6. The Morgan fingerprint density at radius 3 is 2.10 bits per heavy atom. The maximum Gasteiger partial charge on any atom is 0.264 e. The molecule has 0 heterocycles. The van der Waals surface area contributed by atoms with Crippen molar-refractivity contribution in [3.8, 4) is 0 Å². The molecule has 0 aliphatic carbocycles. The van der Waals surface area contributed by atoms with E-state index in [-0.39, 0.29) is 5.75 Å². The van der Waals surface area contributed by atoms with Crippen LogP contribution in [0.1, 0.15) is 32.6 Å². The molecular weight excluding hydrogens is 294 g/mol. The molecule has 0 spiro atoms. The van der Waals surface area contributed by atoms with Gasteiger partial charge in [-0.25, -0.2) is 0 Å². The second-order valence-electron chi connectivity index (χ2n) is 5.95. The average molecular weight is 326 g/mol. The molecule has 128 valence electrons. The molecule has 0 radical (unpaired) electrons. The Hall–Kier alpha value is -0.210. The van der Waals surface area contributed by atoms with Gasteiger partial charge in [-0.05, 0) is 19.3 Å². The van der Waals surface area contributed by atoms with Crippen molar-refractivity contribution in [1.29, 1.82) is 0 Å². The van der Waals surface area contributed by atoms with E-state index in [1.807, 2.05) is 0 Å². The first-order chi connectivity index (χ1) is 9.77. The highest BCUT2D eigenvalue weighted by atomic mass is 32.2. The summed E-state index contributed by atoms with van der Waals surface area (Å²) >= 11 is 0. The summed E-state index contributed by atoms with van der Waals surface area (Å²) in [5.74, 6) is -0.154. The first kappa shape index (κ1) is 20.8. The number of quaternary nitrogens is 1. The molecule has 0 aromatic heterocycles. The Kier molecular flexibility index (Phi) is 11.3. The normalized spacial score (nSPS) is 12.8. The summed E-state index contributed by atoms with van der Waals surface area (Å²) in [4.78, 5) is 0. The van der Waals surface area contributed by atoms with E-state index in [4.69, 9.17) is 14.0 Å². The third-order valence-corrected chi connectivity index (χ3v) is 4.08. The van der Waals surface area contributed by atoms with Crippen molar-refractivity contribution in [1.82, 2.24) is 0 Å². The van der Waals surface area contributed by atoms with Crippen LogP contribution in [0.25, 0.3) is 0 Å². The summed E-state index contributed by atoms with van der Waals surface area (Å²) in [6, 6.07) is 0. The lowest BCUT2D eigenvalue weighted by Gasteiger charge is -2.29. The van der Waals surface area contributed by atoms with Gasteiger partial charge in [-0.3, -0.25) is 4.55 Å². The Morgan fingerprint density at radius 1 is 0.905 bits per heavy atom. The number of hydrogen-bond donors (Lipinski definition) is 1. The average Bonchev–Trinajstić information content (AvgIpc) is 2.37. The van der Waals surface area contributed by atoms with Crippen molar-refractivity contribution < 1.29 is 26.9 Å². The van der Waals surface area contributed by atoms with Gasteiger partial charge >= 0.3 is 0 Å². The number of ether oxygens (including phenoxy) is 2. The highest BCUT2D eigenvalue weighted by Crippen LogP contribution is 2.03. The summed E-state index contributed by atoms with van der Waals surface area (Å²) in [6.45, 7) is 6.61. The molecular formula is C14H32NO5S+. The Bertz CT molecular complexity index is 343. The minimum atomic E-state index is -3.82. The molecule has 0 rings (SSSR count). The second-order valence-corrected chi connectivity index (χ2v) is 7.53. The van der Waals surface area contributed by atoms with Gasteiger partial charge in [-0.2, -0.15) is 8.42 Å². The summed E-state index contributed by atoms with van der Waals surface area (Å²) in [6.07, 6.45) is 3.50. The minimum absolute atomic E-state index is 0.154. The van der Waals surface area contributed by atoms with E-state index < -0.39 is 10.1 Å². The number of rotatable bonds is 14. The van der Waals surface area contributed by atoms with Crippen LogP contribution in [0, 0.1) is 0 Å². The van der Waals surface area contributed by atoms with Gasteiger partial charge in [-0.15, -0.1) is 0 Å². The molecule has 0 unspecified atom stereocenters. The first-order valence-corrected chi connectivity index (χ1v) is 9.30. The van der Waals surface area contributed by atoms with Crippen molar-refractivity contribution in [3.05, 3.63) is 0 Å². The number of nitrogens with zero attached hydrogens (tertiary/aromatic N) is 1. The van der Waals surface area contributed by atoms with Crippen LogP contribution in [0.4, 0.5) is 0 Å². The van der Waals surface area contributed by atoms with Crippen LogP contribution in [0.15, 0.2) is 0 Å². The summed E-state index contributed by atoms with van der Waals surface area (Å²) < 4.78 is 41.6. The molecule has 0 aromatic carbocycles. The molecule has 0 saturated heterocycles. The number of unbranched alkanes of at least 4 members (excludes halogenated alkanes) is 2. The van der Waals surface area contributed by atoms with Crippen LogP contribution in [0.5, 0.6) is 0 Å². The Morgan fingerprint density at radius 2 is 1.52 bits per heavy atom. The Labute approximate surface area is 129 Å². The van der Waals surface area contributed by atoms with Crippen LogP contribution >= 0.6 is 0 Å². The highest BCUT2D eigenvalue weighted by molar-refractivity contribution is 7.85. The van der Waals surface area contributed by atoms with Gasteiger partial charge in [0.15, 0.2) is 0 Å². The molecule has 6 nitrogen and oxygen atoms in total. The SMILES string of the molecule is CCCCOCCOCC[N+](C)(C)CCCCS(=O)(=O)O. The lowest BCUT2D eigenvalue weighted by Crippen LogP contribution is -2.43. The van der Waals surface area contributed by atoms with Gasteiger partial charge in [0.2, 0.25) is 0 Å². The minimum Gasteiger partial charge on any atom is -0.379 e. The van der Waals surface area contributed by atoms with Crippen molar-refractivity contribution >= 4 is 10.1 Å². The van der Waals surface area contributed by atoms with Crippen molar-refractivity contribution in [2.45, 2.75) is 32.6 Å². The summed E-state index contributed by atoms with van der Waals surface area (Å²) in [5.41, 5.74) is 0. The smallest absolute Gasteiger partial charge is 0.264 e. The molecule has 0 saturated carbocycles. The van der Waals surface area contributed by atoms with Crippen molar-refractivity contribution in [2.24, 2.45) is 0 Å². The molecule has 0 aromatic rings. The fraction of sp³-hybridized carbons (Fsp3) is 1.00. The van der Waals surface area contributed by atoms with Crippen LogP contribution < -0.4 is 0 Å². The van der Waals surface area contributed by atoms with Gasteiger partial charge in [-0.1, -0.05) is 13.3 Å². The molecule has 7 heteroatoms. The third kappa shape index (κ3) is 16.0. The third-order valence-electron chi connectivity index (χ3n) is 3.27. The first-order valence-electron chi connectivity index (χ1n) is 7.69. The molecule has 1 N–H and O–H groups in total. The number of likely N-dealkylation sites (N-methyl/N-ethyl adjacent to an activating group) is 1. The van der Waals surface area contributed by atoms with E-state index in [1.165, 1.54) is 0 Å². The van der Waals surface area contributed by atoms with Gasteiger partial charge < -0.3 is 14.0 Å². The fourth-order valence-corrected chi connectivity index (χ4v) is 2.39. The standard InChI is InChI=1S/C14H31NO5S/c1-4-5-10-19-12-13-20-11-9-15(2,3)8-6-7-14-21(16,17)18/h4-14H2,1-3H3/p+1. The van der Waals surface area contributed by atoms with Gasteiger partial charge in [0.05, 0.1) is 46.2 Å². The molecule has 0 aliphatic rings. The van der Waals surface area contributed by atoms with Crippen LogP contribution in [0.2, 0.25) is 0 Å². The van der Waals surface area contributed by atoms with E-state index in [0.29, 0.717) is 26.2 Å². The monoisotopic (exact) mass is 326 g/mol. The maximum atomic E-state index is 10.6. The van der Waals surface area contributed by atoms with E-state index in [1.54, 1.807) is 0 Å². The molecule has 0 bridgehead atoms. The van der Waals surface area contributed by atoms with Gasteiger partial charge in [0.1, 0.15) is 6.54 Å². The highest BCUT2D eigenvalue weighted by Gasteiger charge is 2.15. The van der Waals surface area contributed by atoms with Crippen molar-refractivity contribution in [2.75, 3.05) is 59.4 Å². The largest absolute Gasteiger partial charge is 0.379 e. The zero-order valence-electron chi connectivity index (χ0n) is 13.7. The fourth-order valence-electron chi connectivity index (χ4n) is 1.82. The van der Waals surface area contributed by atoms with Crippen molar-refractivity contribution in [3.63, 3.8) is 0 Å². The molecule has 0 atom stereocenters. The quantitative estimate of drug-likeness (QED) is 0.298. The van der Waals surface area contributed by atoms with E-state index >= 15 is 0 Å². The molecule has 0 amide bonds. The van der Waals surface area contributed by atoms with Gasteiger partial charge in [0, 0.05) is 6.61 Å². The van der Waals surface area contributed by atoms with Crippen LogP contribution in [-0.4, -0.2) is 76.8 Å². The Balaban J connectivity index is 3.50. The predicted octanol–water partition coefficient (Wildman–Crippen LogP) is 1.56. The lowest BCUT2D eigenvalue weighted by atomic mass is 10.3. The lowest BCUT2D eigenvalue weighted by molar-refractivity contribution is -0.890. The zero-order valence-corrected chi connectivity index (χ0v) is 14.5. The van der Waals surface area contributed by atoms with Gasteiger partial charge in [0.25, 0.3) is 10.1 Å². The predicted molar refractivity (Wildman–Crippen MR) is 84.0 cm³/mol. The van der Waals surface area contributed by atoms with E-state index in [0.717, 1.165) is 43.4 Å². The number of hydrogen-bond acceptors (Lipinski definition) is 4. The summed E-state index contributed by atoms with van der Waals surface area (Å²) in [7, 11) is 0.362. The van der Waals surface area contributed by atoms with E-state index in [9.17, 15) is 8.42 Å². The molecule has 0 fully saturated rings. The van der Waals surface area contributed by atoms with Crippen LogP contribution in [-0.2, 0) is 19.6 Å². The molecule has 0 aliphatic heterocycles. The zero-order chi connectivity index (χ0) is 16.2. The van der Waals surface area contributed by atoms with Crippen LogP contribution in [0.3, 0.4) is 0 Å².